The van der Waals surface area contributed by atoms with E-state index in [1.165, 1.54) is 5.56 Å². The van der Waals surface area contributed by atoms with Crippen LogP contribution in [-0.4, -0.2) is 31.6 Å². The Morgan fingerprint density at radius 2 is 1.89 bits per heavy atom. The zero-order valence-corrected chi connectivity index (χ0v) is 13.7. The number of nitrogens with zero attached hydrogens (tertiary/aromatic N) is 1. The molecule has 2 unspecified atom stereocenters. The van der Waals surface area contributed by atoms with Gasteiger partial charge in [0, 0.05) is 12.1 Å². The lowest BCUT2D eigenvalue weighted by Gasteiger charge is -2.24. The monoisotopic (exact) mass is 302 g/mol. The summed E-state index contributed by atoms with van der Waals surface area (Å²) in [5.41, 5.74) is 1.20. The van der Waals surface area contributed by atoms with Gasteiger partial charge in [-0.1, -0.05) is 36.2 Å². The number of nitrogens with one attached hydrogen (secondary N) is 1. The van der Waals surface area contributed by atoms with Crippen LogP contribution in [0.3, 0.4) is 0 Å². The zero-order valence-electron chi connectivity index (χ0n) is 12.2. The highest BCUT2D eigenvalue weighted by molar-refractivity contribution is 6.42. The normalized spacial score (nSPS) is 14.7. The highest BCUT2D eigenvalue weighted by atomic mass is 35.5. The SMILES string of the molecule is CCC(NC(C)CCN(C)C)c1ccc(Cl)c(Cl)c1. The molecule has 0 aliphatic heterocycles. The first-order valence-electron chi connectivity index (χ1n) is 6.79. The fourth-order valence-electron chi connectivity index (χ4n) is 2.06. The molecule has 4 heteroatoms. The third-order valence-corrected chi connectivity index (χ3v) is 3.99. The molecule has 2 atom stereocenters. The Morgan fingerprint density at radius 1 is 1.21 bits per heavy atom. The van der Waals surface area contributed by atoms with E-state index < -0.39 is 0 Å². The Morgan fingerprint density at radius 3 is 2.42 bits per heavy atom. The molecule has 0 saturated heterocycles. The van der Waals surface area contributed by atoms with Crippen molar-refractivity contribution in [3.63, 3.8) is 0 Å². The van der Waals surface area contributed by atoms with E-state index in [1.54, 1.807) is 0 Å². The topological polar surface area (TPSA) is 15.3 Å². The molecule has 0 radical (unpaired) electrons. The average molecular weight is 303 g/mol. The van der Waals surface area contributed by atoms with Gasteiger partial charge in [0.15, 0.2) is 0 Å². The van der Waals surface area contributed by atoms with Crippen molar-refractivity contribution in [3.05, 3.63) is 33.8 Å². The molecule has 1 rings (SSSR count). The van der Waals surface area contributed by atoms with Gasteiger partial charge in [0.2, 0.25) is 0 Å². The number of hydrogen-bond acceptors (Lipinski definition) is 2. The molecular weight excluding hydrogens is 279 g/mol. The van der Waals surface area contributed by atoms with Crippen molar-refractivity contribution in [3.8, 4) is 0 Å². The minimum atomic E-state index is 0.326. The van der Waals surface area contributed by atoms with Crippen LogP contribution in [0.1, 0.15) is 38.3 Å². The Balaban J connectivity index is 2.64. The Hall–Kier alpha value is -0.280. The maximum Gasteiger partial charge on any atom is 0.0595 e. The van der Waals surface area contributed by atoms with Crippen LogP contribution in [0.25, 0.3) is 0 Å². The van der Waals surface area contributed by atoms with Gasteiger partial charge in [-0.3, -0.25) is 0 Å². The van der Waals surface area contributed by atoms with E-state index in [-0.39, 0.29) is 0 Å². The van der Waals surface area contributed by atoms with Crippen LogP contribution in [0.2, 0.25) is 10.0 Å². The van der Waals surface area contributed by atoms with Gasteiger partial charge in [-0.25, -0.2) is 0 Å². The summed E-state index contributed by atoms with van der Waals surface area (Å²) in [7, 11) is 4.20. The molecular formula is C15H24Cl2N2. The largest absolute Gasteiger partial charge is 0.309 e. The molecule has 0 spiro atoms. The van der Waals surface area contributed by atoms with E-state index in [0.717, 1.165) is 19.4 Å². The van der Waals surface area contributed by atoms with Crippen LogP contribution in [0.4, 0.5) is 0 Å². The molecule has 0 fully saturated rings. The van der Waals surface area contributed by atoms with Crippen molar-refractivity contribution < 1.29 is 0 Å². The molecule has 1 aromatic carbocycles. The van der Waals surface area contributed by atoms with E-state index in [2.05, 4.69) is 38.2 Å². The van der Waals surface area contributed by atoms with Crippen molar-refractivity contribution in [2.24, 2.45) is 0 Å². The minimum absolute atomic E-state index is 0.326. The molecule has 1 N–H and O–H groups in total. The van der Waals surface area contributed by atoms with Gasteiger partial charge in [-0.2, -0.15) is 0 Å². The second-order valence-electron chi connectivity index (χ2n) is 5.29. The van der Waals surface area contributed by atoms with Crippen LogP contribution in [0.15, 0.2) is 18.2 Å². The predicted octanol–water partition coefficient (Wildman–Crippen LogP) is 4.37. The predicted molar refractivity (Wildman–Crippen MR) is 85.3 cm³/mol. The Labute approximate surface area is 127 Å². The Bertz CT molecular complexity index is 394. The molecule has 0 amide bonds. The second-order valence-corrected chi connectivity index (χ2v) is 6.11. The molecule has 0 heterocycles. The third kappa shape index (κ3) is 5.70. The lowest BCUT2D eigenvalue weighted by Crippen LogP contribution is -2.32. The maximum atomic E-state index is 6.09. The van der Waals surface area contributed by atoms with Crippen molar-refractivity contribution >= 4 is 23.2 Å². The fourth-order valence-corrected chi connectivity index (χ4v) is 2.36. The van der Waals surface area contributed by atoms with Gasteiger partial charge in [0.1, 0.15) is 0 Å². The number of benzene rings is 1. The summed E-state index contributed by atoms with van der Waals surface area (Å²) in [6.07, 6.45) is 2.16. The first-order valence-corrected chi connectivity index (χ1v) is 7.55. The van der Waals surface area contributed by atoms with Crippen LogP contribution in [0.5, 0.6) is 0 Å². The van der Waals surface area contributed by atoms with Gasteiger partial charge in [-0.15, -0.1) is 0 Å². The summed E-state index contributed by atoms with van der Waals surface area (Å²) in [5, 5.41) is 4.89. The number of halogens is 2. The second kappa shape index (κ2) is 8.11. The van der Waals surface area contributed by atoms with Gasteiger partial charge in [0.05, 0.1) is 10.0 Å². The molecule has 0 aliphatic carbocycles. The maximum absolute atomic E-state index is 6.09. The van der Waals surface area contributed by atoms with E-state index in [9.17, 15) is 0 Å². The zero-order chi connectivity index (χ0) is 14.4. The summed E-state index contributed by atoms with van der Waals surface area (Å²) in [4.78, 5) is 2.21. The standard InChI is InChI=1S/C15H24Cl2N2/c1-5-15(18-11(2)8-9-19(3)4)12-6-7-13(16)14(17)10-12/h6-7,10-11,15,18H,5,8-9H2,1-4H3. The highest BCUT2D eigenvalue weighted by Gasteiger charge is 2.13. The molecule has 0 aromatic heterocycles. The van der Waals surface area contributed by atoms with Gasteiger partial charge >= 0.3 is 0 Å². The molecule has 0 saturated carbocycles. The average Bonchev–Trinajstić information content (AvgIpc) is 2.37. The van der Waals surface area contributed by atoms with Crippen molar-refractivity contribution in [1.29, 1.82) is 0 Å². The molecule has 2 nitrogen and oxygen atoms in total. The van der Waals surface area contributed by atoms with E-state index in [1.807, 2.05) is 18.2 Å². The third-order valence-electron chi connectivity index (χ3n) is 3.25. The van der Waals surface area contributed by atoms with Crippen LogP contribution in [0, 0.1) is 0 Å². The van der Waals surface area contributed by atoms with Crippen molar-refractivity contribution in [2.45, 2.75) is 38.8 Å². The molecule has 0 bridgehead atoms. The number of rotatable bonds is 7. The van der Waals surface area contributed by atoms with Crippen LogP contribution in [-0.2, 0) is 0 Å². The van der Waals surface area contributed by atoms with Crippen molar-refractivity contribution in [2.75, 3.05) is 20.6 Å². The summed E-state index contributed by atoms with van der Waals surface area (Å²) in [5.74, 6) is 0. The summed E-state index contributed by atoms with van der Waals surface area (Å²) in [6, 6.07) is 6.68. The fraction of sp³-hybridized carbons (Fsp3) is 0.600. The molecule has 108 valence electrons. The quantitative estimate of drug-likeness (QED) is 0.804. The smallest absolute Gasteiger partial charge is 0.0595 e. The van der Waals surface area contributed by atoms with E-state index in [4.69, 9.17) is 23.2 Å². The molecule has 1 aromatic rings. The van der Waals surface area contributed by atoms with Crippen molar-refractivity contribution in [1.82, 2.24) is 10.2 Å². The van der Waals surface area contributed by atoms with E-state index >= 15 is 0 Å². The summed E-state index contributed by atoms with van der Waals surface area (Å²) < 4.78 is 0. The lowest BCUT2D eigenvalue weighted by molar-refractivity contribution is 0.347. The first-order chi connectivity index (χ1) is 8.93. The number of hydrogen-bond donors (Lipinski definition) is 1. The minimum Gasteiger partial charge on any atom is -0.309 e. The first kappa shape index (κ1) is 16.8. The van der Waals surface area contributed by atoms with Gasteiger partial charge < -0.3 is 10.2 Å². The lowest BCUT2D eigenvalue weighted by atomic mass is 10.0. The Kier molecular flexibility index (Phi) is 7.16. The van der Waals surface area contributed by atoms with Crippen LogP contribution >= 0.6 is 23.2 Å². The van der Waals surface area contributed by atoms with Crippen LogP contribution < -0.4 is 5.32 Å². The molecule has 19 heavy (non-hydrogen) atoms. The summed E-state index contributed by atoms with van der Waals surface area (Å²) in [6.45, 7) is 5.49. The van der Waals surface area contributed by atoms with Gasteiger partial charge in [0.25, 0.3) is 0 Å². The summed E-state index contributed by atoms with van der Waals surface area (Å²) >= 11 is 12.0. The van der Waals surface area contributed by atoms with E-state index in [0.29, 0.717) is 22.1 Å². The van der Waals surface area contributed by atoms with Gasteiger partial charge in [-0.05, 0) is 58.1 Å². The highest BCUT2D eigenvalue weighted by Crippen LogP contribution is 2.27. The molecule has 0 aliphatic rings.